The summed E-state index contributed by atoms with van der Waals surface area (Å²) in [6, 6.07) is 12.2. The molecule has 1 amide bonds. The molecular formula is C20H12Cl2N4O5S2. The Bertz CT molecular complexity index is 1410. The van der Waals surface area contributed by atoms with Gasteiger partial charge in [0.05, 0.1) is 10.6 Å². The molecule has 0 aliphatic rings. The molecule has 1 N–H and O–H groups in total. The van der Waals surface area contributed by atoms with E-state index in [1.165, 1.54) is 48.5 Å². The lowest BCUT2D eigenvalue weighted by atomic mass is 10.1. The molecule has 0 radical (unpaired) electrons. The fourth-order valence-corrected chi connectivity index (χ4v) is 4.27. The zero-order valence-electron chi connectivity index (χ0n) is 16.6. The van der Waals surface area contributed by atoms with Crippen LogP contribution in [0, 0.1) is 11.3 Å². The number of esters is 1. The van der Waals surface area contributed by atoms with Gasteiger partial charge < -0.3 is 4.74 Å². The quantitative estimate of drug-likeness (QED) is 0.221. The Kier molecular flexibility index (Phi) is 7.45. The molecule has 0 bridgehead atoms. The van der Waals surface area contributed by atoms with Crippen molar-refractivity contribution in [2.24, 2.45) is 0 Å². The van der Waals surface area contributed by atoms with Crippen LogP contribution in [0.5, 0.6) is 5.75 Å². The second-order valence-corrected chi connectivity index (χ2v) is 9.87. The number of sulfone groups is 1. The highest BCUT2D eigenvalue weighted by Gasteiger charge is 2.18. The highest BCUT2D eigenvalue weighted by atomic mass is 35.5. The number of nitrogens with one attached hydrogen (secondary N) is 1. The van der Waals surface area contributed by atoms with Gasteiger partial charge in [-0.1, -0.05) is 35.3 Å². The number of hydrogen-bond donors (Lipinski definition) is 1. The van der Waals surface area contributed by atoms with Crippen LogP contribution in [0.1, 0.15) is 15.9 Å². The minimum Gasteiger partial charge on any atom is -0.423 e. The summed E-state index contributed by atoms with van der Waals surface area (Å²) in [5.41, 5.74) is 0.355. The second-order valence-electron chi connectivity index (χ2n) is 6.36. The van der Waals surface area contributed by atoms with Gasteiger partial charge in [0.15, 0.2) is 0 Å². The van der Waals surface area contributed by atoms with Gasteiger partial charge in [0.1, 0.15) is 17.4 Å². The number of halogens is 2. The van der Waals surface area contributed by atoms with Crippen LogP contribution in [0.3, 0.4) is 0 Å². The van der Waals surface area contributed by atoms with Crippen molar-refractivity contribution in [3.05, 3.63) is 69.2 Å². The van der Waals surface area contributed by atoms with E-state index in [0.717, 1.165) is 6.26 Å². The summed E-state index contributed by atoms with van der Waals surface area (Å²) in [5.74, 6) is -1.25. The van der Waals surface area contributed by atoms with Crippen molar-refractivity contribution in [2.45, 2.75) is 5.16 Å². The number of hydrogen-bond acceptors (Lipinski definition) is 9. The summed E-state index contributed by atoms with van der Waals surface area (Å²) in [4.78, 5) is 28.3. The summed E-state index contributed by atoms with van der Waals surface area (Å²) in [5, 5.41) is 11.7. The highest BCUT2D eigenvalue weighted by molar-refractivity contribution is 7.90. The van der Waals surface area contributed by atoms with Crippen molar-refractivity contribution >= 4 is 67.7 Å². The third kappa shape index (κ3) is 6.36. The van der Waals surface area contributed by atoms with Gasteiger partial charge in [0.2, 0.25) is 15.0 Å². The first-order valence-corrected chi connectivity index (χ1v) is 12.2. The molecule has 13 heteroatoms. The topological polar surface area (TPSA) is 139 Å². The lowest BCUT2D eigenvalue weighted by Crippen LogP contribution is -2.13. The van der Waals surface area contributed by atoms with Gasteiger partial charge in [-0.15, -0.1) is 0 Å². The van der Waals surface area contributed by atoms with Crippen LogP contribution in [0.4, 0.5) is 5.13 Å². The minimum atomic E-state index is -3.62. The number of carbonyl (C=O) groups excluding carboxylic acids is 2. The molecule has 3 aromatic rings. The molecule has 3 rings (SSSR count). The van der Waals surface area contributed by atoms with Crippen LogP contribution < -0.4 is 10.1 Å². The summed E-state index contributed by atoms with van der Waals surface area (Å²) >= 11 is 12.5. The van der Waals surface area contributed by atoms with Crippen molar-refractivity contribution in [2.75, 3.05) is 11.6 Å². The number of nitrogens with zero attached hydrogens (tertiary/aromatic N) is 3. The molecule has 0 saturated heterocycles. The summed E-state index contributed by atoms with van der Waals surface area (Å²) in [6.45, 7) is 0. The first kappa shape index (κ1) is 24.3. The summed E-state index contributed by atoms with van der Waals surface area (Å²) in [6.07, 6.45) is 2.24. The van der Waals surface area contributed by atoms with Crippen LogP contribution in [0.15, 0.2) is 53.2 Å². The Labute approximate surface area is 202 Å². The van der Waals surface area contributed by atoms with E-state index in [9.17, 15) is 23.3 Å². The number of rotatable bonds is 6. The maximum absolute atomic E-state index is 12.3. The van der Waals surface area contributed by atoms with E-state index in [1.807, 2.05) is 0 Å². The highest BCUT2D eigenvalue weighted by Crippen LogP contribution is 2.23. The van der Waals surface area contributed by atoms with Gasteiger partial charge >= 0.3 is 5.97 Å². The van der Waals surface area contributed by atoms with Crippen molar-refractivity contribution in [1.82, 2.24) is 9.36 Å². The summed E-state index contributed by atoms with van der Waals surface area (Å²) < 4.78 is 31.8. The Morgan fingerprint density at radius 3 is 2.45 bits per heavy atom. The number of aromatic nitrogens is 2. The first-order chi connectivity index (χ1) is 15.6. The molecule has 0 saturated carbocycles. The van der Waals surface area contributed by atoms with Crippen molar-refractivity contribution in [1.29, 1.82) is 5.26 Å². The van der Waals surface area contributed by atoms with E-state index in [4.69, 9.17) is 27.9 Å². The predicted octanol–water partition coefficient (Wildman–Crippen LogP) is 4.01. The smallest absolute Gasteiger partial charge is 0.345 e. The van der Waals surface area contributed by atoms with E-state index >= 15 is 0 Å². The maximum atomic E-state index is 12.3. The third-order valence-corrected chi connectivity index (χ3v) is 6.02. The number of benzene rings is 2. The van der Waals surface area contributed by atoms with Crippen LogP contribution >= 0.6 is 34.7 Å². The fraction of sp³-hybridized carbons (Fsp3) is 0.0500. The molecular weight excluding hydrogens is 511 g/mol. The van der Waals surface area contributed by atoms with Crippen LogP contribution in [0.25, 0.3) is 6.08 Å². The number of nitriles is 1. The SMILES string of the molecule is CS(=O)(=O)c1nsc(NC(=O)/C(C#N)=C\c2ccc(OC(=O)c3ccc(Cl)cc3Cl)cc2)n1. The van der Waals surface area contributed by atoms with Gasteiger partial charge in [-0.2, -0.15) is 14.6 Å². The monoisotopic (exact) mass is 522 g/mol. The molecule has 0 spiro atoms. The minimum absolute atomic E-state index is 0.0651. The fourth-order valence-electron chi connectivity index (χ4n) is 2.34. The van der Waals surface area contributed by atoms with Crippen molar-refractivity contribution < 1.29 is 22.7 Å². The molecule has 1 heterocycles. The number of carbonyl (C=O) groups is 2. The van der Waals surface area contributed by atoms with E-state index in [2.05, 4.69) is 14.7 Å². The maximum Gasteiger partial charge on any atom is 0.345 e. The zero-order chi connectivity index (χ0) is 24.2. The Morgan fingerprint density at radius 1 is 1.18 bits per heavy atom. The molecule has 33 heavy (non-hydrogen) atoms. The Balaban J connectivity index is 1.70. The van der Waals surface area contributed by atoms with E-state index in [0.29, 0.717) is 22.1 Å². The normalized spacial score (nSPS) is 11.5. The third-order valence-electron chi connectivity index (χ3n) is 3.88. The van der Waals surface area contributed by atoms with E-state index in [-0.39, 0.29) is 27.0 Å². The lowest BCUT2D eigenvalue weighted by molar-refractivity contribution is -0.112. The number of amides is 1. The average molecular weight is 523 g/mol. The predicted molar refractivity (Wildman–Crippen MR) is 123 cm³/mol. The molecule has 9 nitrogen and oxygen atoms in total. The first-order valence-electron chi connectivity index (χ1n) is 8.81. The van der Waals surface area contributed by atoms with Gasteiger partial charge in [-0.3, -0.25) is 10.1 Å². The molecule has 0 aliphatic heterocycles. The van der Waals surface area contributed by atoms with Crippen LogP contribution in [-0.2, 0) is 14.6 Å². The largest absolute Gasteiger partial charge is 0.423 e. The van der Waals surface area contributed by atoms with Gasteiger partial charge in [-0.05, 0) is 42.0 Å². The Morgan fingerprint density at radius 2 is 1.88 bits per heavy atom. The molecule has 0 unspecified atom stereocenters. The molecule has 168 valence electrons. The standard InChI is InChI=1S/C20H12Cl2N4O5S2/c1-33(29,30)20-25-19(32-26-20)24-17(27)12(10-23)8-11-2-5-14(6-3-11)31-18(28)15-7-4-13(21)9-16(15)22/h2-9H,1H3,(H,24,25,26,27)/b12-8-. The van der Waals surface area contributed by atoms with Crippen molar-refractivity contribution in [3.63, 3.8) is 0 Å². The van der Waals surface area contributed by atoms with Gasteiger partial charge in [-0.25, -0.2) is 13.2 Å². The molecule has 2 aromatic carbocycles. The lowest BCUT2D eigenvalue weighted by Gasteiger charge is -2.06. The molecule has 0 aliphatic carbocycles. The van der Waals surface area contributed by atoms with Gasteiger partial charge in [0.25, 0.3) is 11.1 Å². The van der Waals surface area contributed by atoms with E-state index < -0.39 is 26.9 Å². The average Bonchev–Trinajstić information content (AvgIpc) is 3.22. The zero-order valence-corrected chi connectivity index (χ0v) is 19.7. The van der Waals surface area contributed by atoms with Crippen molar-refractivity contribution in [3.8, 4) is 11.8 Å². The molecule has 0 fully saturated rings. The molecule has 0 atom stereocenters. The summed E-state index contributed by atoms with van der Waals surface area (Å²) in [7, 11) is -3.62. The van der Waals surface area contributed by atoms with E-state index in [1.54, 1.807) is 6.07 Å². The van der Waals surface area contributed by atoms with Crippen LogP contribution in [-0.4, -0.2) is 35.9 Å². The van der Waals surface area contributed by atoms with Crippen LogP contribution in [0.2, 0.25) is 10.0 Å². The Hall–Kier alpha value is -3.30. The number of ether oxygens (including phenoxy) is 1. The second kappa shape index (κ2) is 10.1. The van der Waals surface area contributed by atoms with Gasteiger partial charge in [0, 0.05) is 22.8 Å². The number of anilines is 1. The molecule has 1 aromatic heterocycles.